The average molecular weight is 378 g/mol. The molecular weight excluding hydrogens is 356 g/mol. The van der Waals surface area contributed by atoms with E-state index in [1.54, 1.807) is 6.92 Å². The smallest absolute Gasteiger partial charge is 0.263 e. The largest absolute Gasteiger partial charge is 0.480 e. The van der Waals surface area contributed by atoms with E-state index in [0.717, 1.165) is 29.7 Å². The van der Waals surface area contributed by atoms with Crippen LogP contribution >= 0.6 is 28.3 Å². The number of hydrogen-bond acceptors (Lipinski definition) is 3. The highest BCUT2D eigenvalue weighted by Gasteiger charge is 2.26. The molecule has 118 valence electrons. The minimum absolute atomic E-state index is 0. The van der Waals surface area contributed by atoms with Crippen LogP contribution in [0, 0.1) is 6.92 Å². The molecule has 1 aromatic rings. The molecule has 0 spiro atoms. The Morgan fingerprint density at radius 2 is 2.24 bits per heavy atom. The Kier molecular flexibility index (Phi) is 6.97. The van der Waals surface area contributed by atoms with Crippen molar-refractivity contribution in [2.24, 2.45) is 0 Å². The van der Waals surface area contributed by atoms with Crippen LogP contribution in [0.3, 0.4) is 0 Å². The zero-order chi connectivity index (χ0) is 14.7. The molecule has 1 aliphatic rings. The number of benzene rings is 1. The van der Waals surface area contributed by atoms with E-state index >= 15 is 0 Å². The molecule has 1 fully saturated rings. The Labute approximate surface area is 140 Å². The topological polar surface area (TPSA) is 41.6 Å². The number of aryl methyl sites for hydroxylation is 1. The van der Waals surface area contributed by atoms with Crippen molar-refractivity contribution in [3.05, 3.63) is 28.2 Å². The summed E-state index contributed by atoms with van der Waals surface area (Å²) in [4.78, 5) is 14.3. The van der Waals surface area contributed by atoms with Gasteiger partial charge < -0.3 is 15.0 Å². The summed E-state index contributed by atoms with van der Waals surface area (Å²) in [5.41, 5.74) is 1.15. The number of carbonyl (C=O) groups excluding carboxylic acids is 1. The monoisotopic (exact) mass is 376 g/mol. The van der Waals surface area contributed by atoms with Gasteiger partial charge in [0, 0.05) is 25.7 Å². The zero-order valence-electron chi connectivity index (χ0n) is 12.6. The quantitative estimate of drug-likeness (QED) is 0.880. The molecule has 0 aliphatic carbocycles. The first-order chi connectivity index (χ1) is 9.47. The van der Waals surface area contributed by atoms with Gasteiger partial charge in [-0.15, -0.1) is 12.4 Å². The van der Waals surface area contributed by atoms with Crippen LogP contribution < -0.4 is 10.1 Å². The fourth-order valence-corrected chi connectivity index (χ4v) is 2.92. The van der Waals surface area contributed by atoms with Crippen molar-refractivity contribution in [3.8, 4) is 5.75 Å². The fraction of sp³-hybridized carbons (Fsp3) is 0.533. The Hall–Kier alpha value is -0.780. The van der Waals surface area contributed by atoms with Crippen molar-refractivity contribution in [2.75, 3.05) is 19.6 Å². The summed E-state index contributed by atoms with van der Waals surface area (Å²) in [5.74, 6) is 0.755. The van der Waals surface area contributed by atoms with Crippen LogP contribution in [-0.4, -0.2) is 42.6 Å². The van der Waals surface area contributed by atoms with Gasteiger partial charge in [0.15, 0.2) is 6.10 Å². The molecule has 0 aromatic heterocycles. The van der Waals surface area contributed by atoms with Gasteiger partial charge in [-0.2, -0.15) is 0 Å². The molecule has 2 unspecified atom stereocenters. The minimum Gasteiger partial charge on any atom is -0.480 e. The third-order valence-electron chi connectivity index (χ3n) is 3.42. The van der Waals surface area contributed by atoms with E-state index in [2.05, 4.69) is 28.2 Å². The Morgan fingerprint density at radius 1 is 1.52 bits per heavy atom. The van der Waals surface area contributed by atoms with Gasteiger partial charge in [-0.25, -0.2) is 0 Å². The molecule has 1 heterocycles. The summed E-state index contributed by atoms with van der Waals surface area (Å²) >= 11 is 3.47. The van der Waals surface area contributed by atoms with Crippen LogP contribution in [-0.2, 0) is 4.79 Å². The van der Waals surface area contributed by atoms with Crippen LogP contribution in [0.5, 0.6) is 5.75 Å². The number of amides is 1. The van der Waals surface area contributed by atoms with Crippen molar-refractivity contribution < 1.29 is 9.53 Å². The lowest BCUT2D eigenvalue weighted by atomic mass is 10.2. The molecule has 6 heteroatoms. The second-order valence-corrected chi connectivity index (χ2v) is 6.19. The molecule has 2 rings (SSSR count). The number of rotatable bonds is 3. The average Bonchev–Trinajstić information content (AvgIpc) is 2.41. The Balaban J connectivity index is 0.00000220. The highest BCUT2D eigenvalue weighted by molar-refractivity contribution is 9.10. The number of nitrogens with one attached hydrogen (secondary N) is 1. The first-order valence-corrected chi connectivity index (χ1v) is 7.71. The number of ether oxygens (including phenoxy) is 1. The number of halogens is 2. The van der Waals surface area contributed by atoms with Gasteiger partial charge in [-0.05, 0) is 54.4 Å². The zero-order valence-corrected chi connectivity index (χ0v) is 15.0. The van der Waals surface area contributed by atoms with Crippen LogP contribution in [0.25, 0.3) is 0 Å². The Morgan fingerprint density at radius 3 is 2.86 bits per heavy atom. The van der Waals surface area contributed by atoms with Gasteiger partial charge >= 0.3 is 0 Å². The van der Waals surface area contributed by atoms with E-state index in [4.69, 9.17) is 4.74 Å². The third kappa shape index (κ3) is 4.87. The summed E-state index contributed by atoms with van der Waals surface area (Å²) < 4.78 is 6.67. The lowest BCUT2D eigenvalue weighted by molar-refractivity contribution is -0.139. The predicted octanol–water partition coefficient (Wildman–Crippen LogP) is 2.77. The summed E-state index contributed by atoms with van der Waals surface area (Å²) in [6.07, 6.45) is -0.473. The van der Waals surface area contributed by atoms with E-state index in [-0.39, 0.29) is 18.3 Å². The molecule has 2 atom stereocenters. The maximum atomic E-state index is 12.4. The SMILES string of the molecule is Cc1ccc(OC(C)C(=O)N2CCNC(C)C2)c(Br)c1.Cl. The minimum atomic E-state index is -0.473. The van der Waals surface area contributed by atoms with Crippen LogP contribution in [0.4, 0.5) is 0 Å². The molecule has 1 aliphatic heterocycles. The van der Waals surface area contributed by atoms with E-state index in [0.29, 0.717) is 11.8 Å². The predicted molar refractivity (Wildman–Crippen MR) is 90.3 cm³/mol. The molecule has 4 nitrogen and oxygen atoms in total. The second kappa shape index (κ2) is 8.01. The van der Waals surface area contributed by atoms with Gasteiger partial charge in [-0.3, -0.25) is 4.79 Å². The third-order valence-corrected chi connectivity index (χ3v) is 4.04. The number of piperazine rings is 1. The standard InChI is InChI=1S/C15H21BrN2O2.ClH/c1-10-4-5-14(13(16)8-10)20-12(3)15(19)18-7-6-17-11(2)9-18;/h4-5,8,11-12,17H,6-7,9H2,1-3H3;1H. The van der Waals surface area contributed by atoms with Gasteiger partial charge in [0.25, 0.3) is 5.91 Å². The normalized spacial score (nSPS) is 19.6. The molecule has 21 heavy (non-hydrogen) atoms. The summed E-state index contributed by atoms with van der Waals surface area (Å²) in [6, 6.07) is 6.19. The van der Waals surface area contributed by atoms with Gasteiger partial charge in [0.1, 0.15) is 5.75 Å². The molecule has 1 N–H and O–H groups in total. The van der Waals surface area contributed by atoms with Gasteiger partial charge in [0.2, 0.25) is 0 Å². The van der Waals surface area contributed by atoms with Crippen LogP contribution in [0.15, 0.2) is 22.7 Å². The van der Waals surface area contributed by atoms with Gasteiger partial charge in [-0.1, -0.05) is 6.07 Å². The first-order valence-electron chi connectivity index (χ1n) is 6.92. The molecular formula is C15H22BrClN2O2. The van der Waals surface area contributed by atoms with Gasteiger partial charge in [0.05, 0.1) is 4.47 Å². The Bertz CT molecular complexity index is 499. The lowest BCUT2D eigenvalue weighted by Gasteiger charge is -2.33. The molecule has 0 radical (unpaired) electrons. The van der Waals surface area contributed by atoms with Crippen molar-refractivity contribution in [1.29, 1.82) is 0 Å². The number of nitrogens with zero attached hydrogens (tertiary/aromatic N) is 1. The summed E-state index contributed by atoms with van der Waals surface area (Å²) in [7, 11) is 0. The summed E-state index contributed by atoms with van der Waals surface area (Å²) in [5, 5.41) is 3.33. The van der Waals surface area contributed by atoms with Crippen molar-refractivity contribution in [2.45, 2.75) is 32.9 Å². The van der Waals surface area contributed by atoms with Crippen molar-refractivity contribution in [3.63, 3.8) is 0 Å². The molecule has 0 saturated carbocycles. The lowest BCUT2D eigenvalue weighted by Crippen LogP contribution is -2.54. The molecule has 1 aromatic carbocycles. The van der Waals surface area contributed by atoms with Crippen LogP contribution in [0.2, 0.25) is 0 Å². The highest BCUT2D eigenvalue weighted by Crippen LogP contribution is 2.27. The molecule has 1 saturated heterocycles. The maximum Gasteiger partial charge on any atom is 0.263 e. The second-order valence-electron chi connectivity index (χ2n) is 5.33. The summed E-state index contributed by atoms with van der Waals surface area (Å²) in [6.45, 7) is 8.23. The number of hydrogen-bond donors (Lipinski definition) is 1. The number of carbonyl (C=O) groups is 1. The maximum absolute atomic E-state index is 12.4. The fourth-order valence-electron chi connectivity index (χ4n) is 2.33. The van der Waals surface area contributed by atoms with E-state index in [1.165, 1.54) is 0 Å². The van der Waals surface area contributed by atoms with Crippen molar-refractivity contribution in [1.82, 2.24) is 10.2 Å². The van der Waals surface area contributed by atoms with E-state index < -0.39 is 6.10 Å². The first kappa shape index (κ1) is 18.3. The van der Waals surface area contributed by atoms with E-state index in [1.807, 2.05) is 30.0 Å². The molecule has 0 bridgehead atoms. The highest BCUT2D eigenvalue weighted by atomic mass is 79.9. The van der Waals surface area contributed by atoms with E-state index in [9.17, 15) is 4.79 Å². The van der Waals surface area contributed by atoms with Crippen molar-refractivity contribution >= 4 is 34.2 Å². The molecule has 1 amide bonds. The van der Waals surface area contributed by atoms with Crippen LogP contribution in [0.1, 0.15) is 19.4 Å².